The van der Waals surface area contributed by atoms with Gasteiger partial charge < -0.3 is 10.2 Å². The number of hydrogen-bond donors (Lipinski definition) is 1. The Hall–Kier alpha value is -2.54. The summed E-state index contributed by atoms with van der Waals surface area (Å²) >= 11 is 0. The molecule has 0 unspecified atom stereocenters. The van der Waals surface area contributed by atoms with Gasteiger partial charge in [0.15, 0.2) is 0 Å². The van der Waals surface area contributed by atoms with E-state index in [1.54, 1.807) is 6.20 Å². The van der Waals surface area contributed by atoms with E-state index < -0.39 is 0 Å². The SMILES string of the molecule is Cc1ccc(NC(=O)C2CCN(Cc3cc(C)nc(N(C)C)n3)CC2)nc1. The molecule has 0 spiro atoms. The van der Waals surface area contributed by atoms with E-state index in [0.717, 1.165) is 55.4 Å². The molecule has 1 aliphatic rings. The topological polar surface area (TPSA) is 74.2 Å². The van der Waals surface area contributed by atoms with Crippen LogP contribution in [0.1, 0.15) is 29.8 Å². The highest BCUT2D eigenvalue weighted by atomic mass is 16.1. The first kappa shape index (κ1) is 19.2. The smallest absolute Gasteiger partial charge is 0.228 e. The maximum atomic E-state index is 12.5. The van der Waals surface area contributed by atoms with E-state index in [4.69, 9.17) is 0 Å². The average molecular weight is 368 g/mol. The second kappa shape index (κ2) is 8.43. The van der Waals surface area contributed by atoms with Crippen molar-refractivity contribution in [2.24, 2.45) is 5.92 Å². The number of nitrogens with one attached hydrogen (secondary N) is 1. The Morgan fingerprint density at radius 1 is 1.22 bits per heavy atom. The molecule has 2 aromatic rings. The molecule has 3 rings (SSSR count). The summed E-state index contributed by atoms with van der Waals surface area (Å²) in [7, 11) is 3.90. The van der Waals surface area contributed by atoms with Crippen molar-refractivity contribution in [1.82, 2.24) is 19.9 Å². The molecule has 7 heteroatoms. The average Bonchev–Trinajstić information content (AvgIpc) is 2.63. The van der Waals surface area contributed by atoms with Crippen LogP contribution < -0.4 is 10.2 Å². The van der Waals surface area contributed by atoms with Crippen LogP contribution in [0.4, 0.5) is 11.8 Å². The first-order valence-corrected chi connectivity index (χ1v) is 9.38. The van der Waals surface area contributed by atoms with Gasteiger partial charge in [0.2, 0.25) is 11.9 Å². The number of rotatable bonds is 5. The van der Waals surface area contributed by atoms with Gasteiger partial charge in [-0.1, -0.05) is 6.07 Å². The molecule has 0 atom stereocenters. The highest BCUT2D eigenvalue weighted by Gasteiger charge is 2.25. The van der Waals surface area contributed by atoms with Crippen LogP contribution in [-0.2, 0) is 11.3 Å². The van der Waals surface area contributed by atoms with Crippen molar-refractivity contribution in [1.29, 1.82) is 0 Å². The number of amides is 1. The lowest BCUT2D eigenvalue weighted by atomic mass is 9.96. The number of aromatic nitrogens is 3. The van der Waals surface area contributed by atoms with Crippen LogP contribution in [0.3, 0.4) is 0 Å². The Morgan fingerprint density at radius 3 is 2.59 bits per heavy atom. The van der Waals surface area contributed by atoms with Crippen LogP contribution in [0, 0.1) is 19.8 Å². The summed E-state index contributed by atoms with van der Waals surface area (Å²) in [4.78, 5) is 30.1. The Morgan fingerprint density at radius 2 is 1.96 bits per heavy atom. The van der Waals surface area contributed by atoms with Gasteiger partial charge in [-0.25, -0.2) is 15.0 Å². The molecule has 1 saturated heterocycles. The molecule has 0 radical (unpaired) electrons. The normalized spacial score (nSPS) is 15.6. The molecule has 144 valence electrons. The zero-order valence-corrected chi connectivity index (χ0v) is 16.6. The van der Waals surface area contributed by atoms with Crippen LogP contribution in [-0.4, -0.2) is 52.9 Å². The van der Waals surface area contributed by atoms with Gasteiger partial charge in [0, 0.05) is 38.4 Å². The van der Waals surface area contributed by atoms with Crippen molar-refractivity contribution >= 4 is 17.7 Å². The third kappa shape index (κ3) is 5.23. The molecule has 0 bridgehead atoms. The van der Waals surface area contributed by atoms with E-state index >= 15 is 0 Å². The molecule has 2 aromatic heterocycles. The van der Waals surface area contributed by atoms with Crippen LogP contribution in [0.2, 0.25) is 0 Å². The van der Waals surface area contributed by atoms with Crippen molar-refractivity contribution in [3.8, 4) is 0 Å². The number of carbonyl (C=O) groups excluding carboxylic acids is 1. The van der Waals surface area contributed by atoms with Crippen LogP contribution in [0.15, 0.2) is 24.4 Å². The molecule has 1 N–H and O–H groups in total. The molecule has 0 aromatic carbocycles. The van der Waals surface area contributed by atoms with Gasteiger partial charge in [-0.3, -0.25) is 9.69 Å². The zero-order valence-electron chi connectivity index (χ0n) is 16.6. The van der Waals surface area contributed by atoms with Gasteiger partial charge in [-0.2, -0.15) is 0 Å². The third-order valence-electron chi connectivity index (χ3n) is 4.80. The maximum absolute atomic E-state index is 12.5. The predicted octanol–water partition coefficient (Wildman–Crippen LogP) is 2.41. The highest BCUT2D eigenvalue weighted by Crippen LogP contribution is 2.21. The predicted molar refractivity (Wildman–Crippen MR) is 107 cm³/mol. The van der Waals surface area contributed by atoms with Gasteiger partial charge in [0.05, 0.1) is 5.69 Å². The van der Waals surface area contributed by atoms with Crippen molar-refractivity contribution in [3.05, 3.63) is 41.3 Å². The number of anilines is 2. The van der Waals surface area contributed by atoms with Crippen LogP contribution in [0.25, 0.3) is 0 Å². The molecular formula is C20H28N6O. The minimum Gasteiger partial charge on any atom is -0.347 e. The zero-order chi connectivity index (χ0) is 19.4. The number of pyridine rings is 1. The van der Waals surface area contributed by atoms with E-state index in [0.29, 0.717) is 5.82 Å². The number of aryl methyl sites for hydroxylation is 2. The minimum absolute atomic E-state index is 0.0359. The van der Waals surface area contributed by atoms with Gasteiger partial charge in [0.1, 0.15) is 5.82 Å². The van der Waals surface area contributed by atoms with E-state index in [-0.39, 0.29) is 11.8 Å². The fourth-order valence-electron chi connectivity index (χ4n) is 3.25. The second-order valence-electron chi connectivity index (χ2n) is 7.46. The summed E-state index contributed by atoms with van der Waals surface area (Å²) in [5.74, 6) is 1.47. The van der Waals surface area contributed by atoms with E-state index in [1.165, 1.54) is 0 Å². The lowest BCUT2D eigenvalue weighted by Crippen LogP contribution is -2.38. The Kier molecular flexibility index (Phi) is 6.01. The number of hydrogen-bond acceptors (Lipinski definition) is 6. The van der Waals surface area contributed by atoms with E-state index in [2.05, 4.69) is 25.2 Å². The van der Waals surface area contributed by atoms with E-state index in [9.17, 15) is 4.79 Å². The number of likely N-dealkylation sites (tertiary alicyclic amines) is 1. The monoisotopic (exact) mass is 368 g/mol. The molecule has 3 heterocycles. The molecule has 1 amide bonds. The van der Waals surface area contributed by atoms with Gasteiger partial charge >= 0.3 is 0 Å². The number of nitrogens with zero attached hydrogens (tertiary/aromatic N) is 5. The van der Waals surface area contributed by atoms with E-state index in [1.807, 2.05) is 51.0 Å². The number of carbonyl (C=O) groups is 1. The second-order valence-corrected chi connectivity index (χ2v) is 7.46. The fourth-order valence-corrected chi connectivity index (χ4v) is 3.25. The fraction of sp³-hybridized carbons (Fsp3) is 0.500. The summed E-state index contributed by atoms with van der Waals surface area (Å²) in [6.07, 6.45) is 3.47. The molecule has 7 nitrogen and oxygen atoms in total. The molecule has 0 aliphatic carbocycles. The van der Waals surface area contributed by atoms with Crippen molar-refractivity contribution in [3.63, 3.8) is 0 Å². The highest BCUT2D eigenvalue weighted by molar-refractivity contribution is 5.91. The summed E-state index contributed by atoms with van der Waals surface area (Å²) in [6.45, 7) is 6.54. The maximum Gasteiger partial charge on any atom is 0.228 e. The third-order valence-corrected chi connectivity index (χ3v) is 4.80. The number of piperidine rings is 1. The summed E-state index contributed by atoms with van der Waals surface area (Å²) < 4.78 is 0. The van der Waals surface area contributed by atoms with Crippen molar-refractivity contribution < 1.29 is 4.79 Å². The minimum atomic E-state index is 0.0359. The van der Waals surface area contributed by atoms with Gasteiger partial charge in [0.25, 0.3) is 0 Å². The standard InChI is InChI=1S/C20H28N6O/c1-14-5-6-18(21-12-14)24-19(27)16-7-9-26(10-8-16)13-17-11-15(2)22-20(23-17)25(3)4/h5-6,11-12,16H,7-10,13H2,1-4H3,(H,21,24,27). The lowest BCUT2D eigenvalue weighted by Gasteiger charge is -2.31. The Labute approximate surface area is 160 Å². The lowest BCUT2D eigenvalue weighted by molar-refractivity contribution is -0.121. The molecule has 1 aliphatic heterocycles. The molecule has 0 saturated carbocycles. The molecule has 27 heavy (non-hydrogen) atoms. The van der Waals surface area contributed by atoms with Crippen molar-refractivity contribution in [2.45, 2.75) is 33.2 Å². The summed E-state index contributed by atoms with van der Waals surface area (Å²) in [5.41, 5.74) is 3.08. The Bertz CT molecular complexity index is 782. The molecule has 1 fully saturated rings. The first-order valence-electron chi connectivity index (χ1n) is 9.38. The van der Waals surface area contributed by atoms with Gasteiger partial charge in [-0.15, -0.1) is 0 Å². The van der Waals surface area contributed by atoms with Crippen molar-refractivity contribution in [2.75, 3.05) is 37.4 Å². The quantitative estimate of drug-likeness (QED) is 0.874. The summed E-state index contributed by atoms with van der Waals surface area (Å²) in [5, 5.41) is 2.94. The molecular weight excluding hydrogens is 340 g/mol. The van der Waals surface area contributed by atoms with Crippen LogP contribution in [0.5, 0.6) is 0 Å². The first-order chi connectivity index (χ1) is 12.9. The van der Waals surface area contributed by atoms with Gasteiger partial charge in [-0.05, 0) is 57.5 Å². The largest absolute Gasteiger partial charge is 0.347 e. The van der Waals surface area contributed by atoms with Crippen LogP contribution >= 0.6 is 0 Å². The summed E-state index contributed by atoms with van der Waals surface area (Å²) in [6, 6.07) is 5.84. The Balaban J connectivity index is 1.53.